The number of esters is 1. The van der Waals surface area contributed by atoms with E-state index in [1.165, 1.54) is 5.56 Å². The number of carbonyl (C=O) groups is 1. The molecule has 1 aromatic rings. The van der Waals surface area contributed by atoms with Gasteiger partial charge in [-0.2, -0.15) is 0 Å². The number of aliphatic imine (C=N–C) groups is 1. The zero-order valence-corrected chi connectivity index (χ0v) is 17.7. The third-order valence-corrected chi connectivity index (χ3v) is 5.68. The summed E-state index contributed by atoms with van der Waals surface area (Å²) in [5.41, 5.74) is 1.29. The molecule has 0 amide bonds. The van der Waals surface area contributed by atoms with Gasteiger partial charge in [0.2, 0.25) is 0 Å². The number of piperidine rings is 1. The van der Waals surface area contributed by atoms with Crippen LogP contribution in [0.25, 0.3) is 0 Å². The number of benzene rings is 1. The first-order valence-electron chi connectivity index (χ1n) is 10.7. The first-order valence-corrected chi connectivity index (χ1v) is 10.7. The van der Waals surface area contributed by atoms with Crippen LogP contribution in [0.1, 0.15) is 31.4 Å². The third kappa shape index (κ3) is 5.93. The Balaban J connectivity index is 1.64. The lowest BCUT2D eigenvalue weighted by Gasteiger charge is -2.37. The second-order valence-corrected chi connectivity index (χ2v) is 7.54. The summed E-state index contributed by atoms with van der Waals surface area (Å²) in [4.78, 5) is 21.3. The van der Waals surface area contributed by atoms with Gasteiger partial charge in [0.25, 0.3) is 0 Å². The van der Waals surface area contributed by atoms with Crippen molar-refractivity contribution in [1.29, 1.82) is 0 Å². The van der Waals surface area contributed by atoms with E-state index < -0.39 is 0 Å². The SMILES string of the molecule is CCOC(=O)C1CCCN(C(=NC)NCC(c2ccccc2)N2CCOCC2)C1. The molecule has 0 aromatic heterocycles. The molecule has 7 nitrogen and oxygen atoms in total. The zero-order valence-electron chi connectivity index (χ0n) is 17.7. The Hall–Kier alpha value is -2.12. The van der Waals surface area contributed by atoms with Crippen molar-refractivity contribution >= 4 is 11.9 Å². The molecule has 1 aromatic carbocycles. The number of hydrogen-bond donors (Lipinski definition) is 1. The molecule has 0 bridgehead atoms. The molecule has 160 valence electrons. The molecule has 0 saturated carbocycles. The Kier molecular flexibility index (Phi) is 8.31. The molecule has 3 rings (SSSR count). The molecule has 2 heterocycles. The van der Waals surface area contributed by atoms with Crippen molar-refractivity contribution in [1.82, 2.24) is 15.1 Å². The summed E-state index contributed by atoms with van der Waals surface area (Å²) >= 11 is 0. The minimum Gasteiger partial charge on any atom is -0.466 e. The highest BCUT2D eigenvalue weighted by molar-refractivity contribution is 5.81. The Labute approximate surface area is 174 Å². The molecule has 0 spiro atoms. The standard InChI is InChI=1S/C22H34N4O3/c1-3-29-21(27)19-10-7-11-26(17-19)22(23-2)24-16-20(18-8-5-4-6-9-18)25-12-14-28-15-13-25/h4-6,8-9,19-20H,3,7,10-17H2,1-2H3,(H,23,24). The molecule has 0 radical (unpaired) electrons. The van der Waals surface area contributed by atoms with Crippen molar-refractivity contribution in [3.63, 3.8) is 0 Å². The molecule has 29 heavy (non-hydrogen) atoms. The highest BCUT2D eigenvalue weighted by Gasteiger charge is 2.29. The quantitative estimate of drug-likeness (QED) is 0.445. The molecule has 1 N–H and O–H groups in total. The number of carbonyl (C=O) groups excluding carboxylic acids is 1. The number of likely N-dealkylation sites (tertiary alicyclic amines) is 1. The van der Waals surface area contributed by atoms with Gasteiger partial charge < -0.3 is 19.7 Å². The summed E-state index contributed by atoms with van der Waals surface area (Å²) in [6.07, 6.45) is 1.85. The molecule has 7 heteroatoms. The summed E-state index contributed by atoms with van der Waals surface area (Å²) < 4.78 is 10.8. The van der Waals surface area contributed by atoms with Gasteiger partial charge in [0.1, 0.15) is 0 Å². The van der Waals surface area contributed by atoms with Gasteiger partial charge in [-0.1, -0.05) is 30.3 Å². The van der Waals surface area contributed by atoms with Crippen LogP contribution in [0.2, 0.25) is 0 Å². The van der Waals surface area contributed by atoms with Gasteiger partial charge in [-0.05, 0) is 25.3 Å². The van der Waals surface area contributed by atoms with Gasteiger partial charge in [-0.15, -0.1) is 0 Å². The molecule has 2 fully saturated rings. The largest absolute Gasteiger partial charge is 0.466 e. The van der Waals surface area contributed by atoms with Crippen LogP contribution in [0.5, 0.6) is 0 Å². The van der Waals surface area contributed by atoms with E-state index in [2.05, 4.69) is 50.4 Å². The van der Waals surface area contributed by atoms with Crippen LogP contribution in [0.3, 0.4) is 0 Å². The number of morpholine rings is 1. The van der Waals surface area contributed by atoms with Crippen LogP contribution in [0.4, 0.5) is 0 Å². The summed E-state index contributed by atoms with van der Waals surface area (Å²) in [7, 11) is 1.81. The first-order chi connectivity index (χ1) is 14.2. The average molecular weight is 403 g/mol. The number of guanidine groups is 1. The monoisotopic (exact) mass is 402 g/mol. The minimum absolute atomic E-state index is 0.0774. The van der Waals surface area contributed by atoms with Gasteiger partial charge in [0.05, 0.1) is 31.8 Å². The first kappa shape index (κ1) is 21.6. The lowest BCUT2D eigenvalue weighted by molar-refractivity contribution is -0.149. The van der Waals surface area contributed by atoms with Crippen molar-refractivity contribution in [3.05, 3.63) is 35.9 Å². The van der Waals surface area contributed by atoms with Crippen LogP contribution >= 0.6 is 0 Å². The number of nitrogens with one attached hydrogen (secondary N) is 1. The molecular weight excluding hydrogens is 368 g/mol. The smallest absolute Gasteiger partial charge is 0.310 e. The van der Waals surface area contributed by atoms with Gasteiger partial charge >= 0.3 is 5.97 Å². The maximum atomic E-state index is 12.2. The normalized spacial score (nSPS) is 22.2. The summed E-state index contributed by atoms with van der Waals surface area (Å²) in [6, 6.07) is 10.8. The Bertz CT molecular complexity index is 661. The van der Waals surface area contributed by atoms with E-state index in [0.717, 1.165) is 58.2 Å². The molecule has 0 aliphatic carbocycles. The molecular formula is C22H34N4O3. The van der Waals surface area contributed by atoms with Gasteiger partial charge in [0, 0.05) is 39.8 Å². The van der Waals surface area contributed by atoms with Crippen LogP contribution in [0.15, 0.2) is 35.3 Å². The van der Waals surface area contributed by atoms with E-state index in [4.69, 9.17) is 9.47 Å². The van der Waals surface area contributed by atoms with Gasteiger partial charge in [0.15, 0.2) is 5.96 Å². The lowest BCUT2D eigenvalue weighted by atomic mass is 9.98. The van der Waals surface area contributed by atoms with E-state index in [1.807, 2.05) is 14.0 Å². The van der Waals surface area contributed by atoms with E-state index in [-0.39, 0.29) is 17.9 Å². The second-order valence-electron chi connectivity index (χ2n) is 7.54. The third-order valence-electron chi connectivity index (χ3n) is 5.68. The number of nitrogens with zero attached hydrogens (tertiary/aromatic N) is 3. The van der Waals surface area contributed by atoms with Crippen LogP contribution in [-0.2, 0) is 14.3 Å². The number of ether oxygens (including phenoxy) is 2. The number of hydrogen-bond acceptors (Lipinski definition) is 5. The van der Waals surface area contributed by atoms with Crippen molar-refractivity contribution in [2.45, 2.75) is 25.8 Å². The Morgan fingerprint density at radius 3 is 2.72 bits per heavy atom. The lowest BCUT2D eigenvalue weighted by Crippen LogP contribution is -2.50. The fourth-order valence-electron chi connectivity index (χ4n) is 4.16. The van der Waals surface area contributed by atoms with Crippen LogP contribution in [0, 0.1) is 5.92 Å². The maximum Gasteiger partial charge on any atom is 0.310 e. The van der Waals surface area contributed by atoms with E-state index in [0.29, 0.717) is 13.2 Å². The minimum atomic E-state index is -0.0943. The van der Waals surface area contributed by atoms with Gasteiger partial charge in [-0.3, -0.25) is 14.7 Å². The topological polar surface area (TPSA) is 66.4 Å². The molecule has 2 aliphatic rings. The van der Waals surface area contributed by atoms with E-state index in [9.17, 15) is 4.79 Å². The molecule has 2 atom stereocenters. The van der Waals surface area contributed by atoms with Crippen molar-refractivity contribution < 1.29 is 14.3 Å². The maximum absolute atomic E-state index is 12.2. The number of rotatable bonds is 6. The summed E-state index contributed by atoms with van der Waals surface area (Å²) in [6.45, 7) is 8.00. The fraction of sp³-hybridized carbons (Fsp3) is 0.636. The average Bonchev–Trinajstić information content (AvgIpc) is 2.78. The summed E-state index contributed by atoms with van der Waals surface area (Å²) in [5, 5.41) is 3.57. The van der Waals surface area contributed by atoms with E-state index in [1.54, 1.807) is 0 Å². The highest BCUT2D eigenvalue weighted by Crippen LogP contribution is 2.22. The molecule has 2 saturated heterocycles. The van der Waals surface area contributed by atoms with Crippen molar-refractivity contribution in [3.8, 4) is 0 Å². The predicted molar refractivity (Wildman–Crippen MR) is 114 cm³/mol. The summed E-state index contributed by atoms with van der Waals surface area (Å²) in [5.74, 6) is 0.683. The molecule has 2 unspecified atom stereocenters. The fourth-order valence-corrected chi connectivity index (χ4v) is 4.16. The predicted octanol–water partition coefficient (Wildman–Crippen LogP) is 1.91. The van der Waals surface area contributed by atoms with Crippen molar-refractivity contribution in [2.24, 2.45) is 10.9 Å². The second kappa shape index (κ2) is 11.2. The van der Waals surface area contributed by atoms with Crippen LogP contribution in [-0.4, -0.2) is 81.3 Å². The van der Waals surface area contributed by atoms with Crippen molar-refractivity contribution in [2.75, 3.05) is 59.6 Å². The zero-order chi connectivity index (χ0) is 20.5. The van der Waals surface area contributed by atoms with Crippen LogP contribution < -0.4 is 5.32 Å². The Morgan fingerprint density at radius 1 is 1.28 bits per heavy atom. The van der Waals surface area contributed by atoms with Gasteiger partial charge in [-0.25, -0.2) is 0 Å². The Morgan fingerprint density at radius 2 is 2.03 bits per heavy atom. The highest BCUT2D eigenvalue weighted by atomic mass is 16.5. The van der Waals surface area contributed by atoms with E-state index >= 15 is 0 Å². The molecule has 2 aliphatic heterocycles.